The minimum Gasteiger partial charge on any atom is -0.345 e. The van der Waals surface area contributed by atoms with Crippen LogP contribution in [0, 0.1) is 0 Å². The zero-order valence-corrected chi connectivity index (χ0v) is 10.5. The Morgan fingerprint density at radius 1 is 1.39 bits per heavy atom. The molecule has 7 heteroatoms. The highest BCUT2D eigenvalue weighted by Crippen LogP contribution is 2.07. The summed E-state index contributed by atoms with van der Waals surface area (Å²) in [7, 11) is 1.84. The average molecular weight is 250 g/mol. The molecular formula is C11H18N6O. The fourth-order valence-electron chi connectivity index (χ4n) is 1.92. The number of aromatic nitrogens is 2. The first-order chi connectivity index (χ1) is 8.69. The van der Waals surface area contributed by atoms with Gasteiger partial charge in [0, 0.05) is 26.7 Å². The predicted molar refractivity (Wildman–Crippen MR) is 67.4 cm³/mol. The van der Waals surface area contributed by atoms with E-state index in [0.717, 1.165) is 25.2 Å². The third-order valence-electron chi connectivity index (χ3n) is 2.99. The van der Waals surface area contributed by atoms with Crippen LogP contribution in [-0.4, -0.2) is 52.4 Å². The molecule has 2 heterocycles. The number of carbonyl (C=O) groups excluding carboxylic acids is 1. The van der Waals surface area contributed by atoms with Gasteiger partial charge in [0.05, 0.1) is 24.6 Å². The highest BCUT2D eigenvalue weighted by atomic mass is 16.2. The van der Waals surface area contributed by atoms with Gasteiger partial charge in [0.15, 0.2) is 5.82 Å². The molecule has 1 aliphatic heterocycles. The molecule has 0 unspecified atom stereocenters. The number of rotatable bonds is 3. The number of anilines is 1. The maximum Gasteiger partial charge on any atom is 0.236 e. The Labute approximate surface area is 106 Å². The molecule has 1 aliphatic rings. The van der Waals surface area contributed by atoms with Crippen LogP contribution in [0.25, 0.3) is 0 Å². The third kappa shape index (κ3) is 3.14. The van der Waals surface area contributed by atoms with E-state index >= 15 is 0 Å². The number of hydrogen-bond donors (Lipinski definition) is 2. The quantitative estimate of drug-likeness (QED) is 0.551. The molecule has 18 heavy (non-hydrogen) atoms. The van der Waals surface area contributed by atoms with E-state index < -0.39 is 0 Å². The summed E-state index contributed by atoms with van der Waals surface area (Å²) in [6.07, 6.45) is 4.24. The van der Waals surface area contributed by atoms with Crippen molar-refractivity contribution in [3.8, 4) is 0 Å². The molecule has 1 fully saturated rings. The summed E-state index contributed by atoms with van der Waals surface area (Å²) in [5.41, 5.74) is 3.27. The number of nitrogens with two attached hydrogens (primary N) is 1. The smallest absolute Gasteiger partial charge is 0.236 e. The van der Waals surface area contributed by atoms with E-state index in [-0.39, 0.29) is 5.91 Å². The summed E-state index contributed by atoms with van der Waals surface area (Å²) in [5, 5.41) is 0. The zero-order valence-electron chi connectivity index (χ0n) is 10.5. The normalized spacial score (nSPS) is 17.7. The number of hydrogen-bond acceptors (Lipinski definition) is 6. The molecule has 1 saturated heterocycles. The first-order valence-corrected chi connectivity index (χ1v) is 5.93. The van der Waals surface area contributed by atoms with Gasteiger partial charge in [0.1, 0.15) is 0 Å². The molecule has 3 N–H and O–H groups in total. The van der Waals surface area contributed by atoms with E-state index in [1.54, 1.807) is 17.3 Å². The van der Waals surface area contributed by atoms with E-state index in [1.165, 1.54) is 0 Å². The van der Waals surface area contributed by atoms with Crippen LogP contribution in [0.3, 0.4) is 0 Å². The summed E-state index contributed by atoms with van der Waals surface area (Å²) >= 11 is 0. The lowest BCUT2D eigenvalue weighted by Gasteiger charge is -2.18. The lowest BCUT2D eigenvalue weighted by molar-refractivity contribution is -0.130. The molecule has 0 aliphatic carbocycles. The molecule has 0 saturated carbocycles. The molecule has 0 aromatic carbocycles. The zero-order chi connectivity index (χ0) is 13.0. The number of hydrazine groups is 1. The van der Waals surface area contributed by atoms with E-state index in [9.17, 15) is 4.79 Å². The van der Waals surface area contributed by atoms with Gasteiger partial charge >= 0.3 is 0 Å². The fraction of sp³-hybridized carbons (Fsp3) is 0.545. The van der Waals surface area contributed by atoms with Gasteiger partial charge in [-0.1, -0.05) is 0 Å². The van der Waals surface area contributed by atoms with Gasteiger partial charge in [0.2, 0.25) is 5.91 Å². The lowest BCUT2D eigenvalue weighted by atomic mass is 10.3. The summed E-state index contributed by atoms with van der Waals surface area (Å²) in [5.74, 6) is 5.91. The molecular weight excluding hydrogens is 232 g/mol. The molecule has 0 atom stereocenters. The monoisotopic (exact) mass is 250 g/mol. The number of nitrogens with zero attached hydrogens (tertiary/aromatic N) is 4. The van der Waals surface area contributed by atoms with Crippen LogP contribution in [0.1, 0.15) is 12.1 Å². The Hall–Kier alpha value is -1.73. The van der Waals surface area contributed by atoms with Crippen LogP contribution >= 0.6 is 0 Å². The molecule has 98 valence electrons. The van der Waals surface area contributed by atoms with Crippen molar-refractivity contribution in [2.24, 2.45) is 5.84 Å². The van der Waals surface area contributed by atoms with E-state index in [2.05, 4.69) is 20.3 Å². The van der Waals surface area contributed by atoms with Gasteiger partial charge in [-0.25, -0.2) is 10.8 Å². The van der Waals surface area contributed by atoms with Crippen molar-refractivity contribution in [3.63, 3.8) is 0 Å². The average Bonchev–Trinajstić information content (AvgIpc) is 2.53. The summed E-state index contributed by atoms with van der Waals surface area (Å²) < 4.78 is 0. The van der Waals surface area contributed by atoms with Crippen LogP contribution in [0.4, 0.5) is 5.82 Å². The molecule has 7 nitrogen and oxygen atoms in total. The number of nitrogens with one attached hydrogen (secondary N) is 1. The summed E-state index contributed by atoms with van der Waals surface area (Å²) in [4.78, 5) is 23.9. The molecule has 0 radical (unpaired) electrons. The number of nitrogen functional groups attached to an aromatic ring is 1. The second-order valence-electron chi connectivity index (χ2n) is 4.42. The topological polar surface area (TPSA) is 87.4 Å². The van der Waals surface area contributed by atoms with Crippen molar-refractivity contribution >= 4 is 11.7 Å². The number of amides is 1. The largest absolute Gasteiger partial charge is 0.345 e. The number of likely N-dealkylation sites (N-methyl/N-ethyl adjacent to an activating group) is 1. The van der Waals surface area contributed by atoms with Gasteiger partial charge < -0.3 is 10.3 Å². The second-order valence-corrected chi connectivity index (χ2v) is 4.42. The van der Waals surface area contributed by atoms with Crippen molar-refractivity contribution < 1.29 is 4.79 Å². The Bertz CT molecular complexity index is 406. The van der Waals surface area contributed by atoms with Crippen molar-refractivity contribution in [1.29, 1.82) is 0 Å². The number of carbonyl (C=O) groups is 1. The van der Waals surface area contributed by atoms with E-state index in [4.69, 9.17) is 5.84 Å². The standard InChI is InChI=1S/C11H18N6O/c1-16-3-2-4-17(8-11(16)18)7-9-5-14-10(15-12)6-13-9/h5-6H,2-4,7-8,12H2,1H3,(H,14,15). The van der Waals surface area contributed by atoms with Gasteiger partial charge in [0.25, 0.3) is 0 Å². The SMILES string of the molecule is CN1CCCN(Cc2cnc(NN)cn2)CC1=O. The Kier molecular flexibility index (Phi) is 4.06. The molecule has 1 aromatic heterocycles. The molecule has 0 spiro atoms. The van der Waals surface area contributed by atoms with Crippen molar-refractivity contribution in [3.05, 3.63) is 18.1 Å². The Morgan fingerprint density at radius 2 is 2.22 bits per heavy atom. The Morgan fingerprint density at radius 3 is 2.89 bits per heavy atom. The van der Waals surface area contributed by atoms with Crippen molar-refractivity contribution in [1.82, 2.24) is 19.8 Å². The van der Waals surface area contributed by atoms with Gasteiger partial charge in [-0.15, -0.1) is 0 Å². The van der Waals surface area contributed by atoms with Crippen LogP contribution in [0.2, 0.25) is 0 Å². The molecule has 1 amide bonds. The lowest BCUT2D eigenvalue weighted by Crippen LogP contribution is -2.34. The highest BCUT2D eigenvalue weighted by molar-refractivity contribution is 5.78. The van der Waals surface area contributed by atoms with E-state index in [0.29, 0.717) is 18.9 Å². The van der Waals surface area contributed by atoms with Crippen LogP contribution in [-0.2, 0) is 11.3 Å². The van der Waals surface area contributed by atoms with Crippen molar-refractivity contribution in [2.75, 3.05) is 32.1 Å². The van der Waals surface area contributed by atoms with E-state index in [1.807, 2.05) is 7.05 Å². The van der Waals surface area contributed by atoms with Gasteiger partial charge in [-0.2, -0.15) is 0 Å². The minimum absolute atomic E-state index is 0.153. The van der Waals surface area contributed by atoms with Crippen LogP contribution < -0.4 is 11.3 Å². The maximum atomic E-state index is 11.7. The van der Waals surface area contributed by atoms with Crippen LogP contribution in [0.15, 0.2) is 12.4 Å². The Balaban J connectivity index is 1.97. The third-order valence-corrected chi connectivity index (χ3v) is 2.99. The molecule has 2 rings (SSSR count). The molecule has 1 aromatic rings. The van der Waals surface area contributed by atoms with Crippen molar-refractivity contribution in [2.45, 2.75) is 13.0 Å². The minimum atomic E-state index is 0.153. The first-order valence-electron chi connectivity index (χ1n) is 5.93. The maximum absolute atomic E-state index is 11.7. The van der Waals surface area contributed by atoms with Gasteiger partial charge in [-0.05, 0) is 6.42 Å². The first kappa shape index (κ1) is 12.7. The molecule has 0 bridgehead atoms. The summed E-state index contributed by atoms with van der Waals surface area (Å²) in [6, 6.07) is 0. The predicted octanol–water partition coefficient (Wildman–Crippen LogP) is -0.574. The fourth-order valence-corrected chi connectivity index (χ4v) is 1.92. The second kappa shape index (κ2) is 5.74. The summed E-state index contributed by atoms with van der Waals surface area (Å²) in [6.45, 7) is 2.79. The van der Waals surface area contributed by atoms with Crippen LogP contribution in [0.5, 0.6) is 0 Å². The van der Waals surface area contributed by atoms with Gasteiger partial charge in [-0.3, -0.25) is 14.7 Å². The highest BCUT2D eigenvalue weighted by Gasteiger charge is 2.19.